The molecule has 0 aromatic heterocycles. The van der Waals surface area contributed by atoms with Crippen LogP contribution in [0, 0.1) is 0 Å². The maximum Gasteiger partial charge on any atom is 0.217 e. The number of nitrogens with two attached hydrogens (primary N) is 1. The summed E-state index contributed by atoms with van der Waals surface area (Å²) >= 11 is 0. The number of carbonyl (C=O) groups excluding carboxylic acids is 1. The second-order valence-electron chi connectivity index (χ2n) is 3.38. The maximum atomic E-state index is 10.6. The molecule has 80 valence electrons. The van der Waals surface area contributed by atoms with Crippen molar-refractivity contribution in [3.05, 3.63) is 10.4 Å². The summed E-state index contributed by atoms with van der Waals surface area (Å²) in [5, 5.41) is 3.54. The second kappa shape index (κ2) is 8.38. The highest BCUT2D eigenvalue weighted by atomic mass is 16.1. The lowest BCUT2D eigenvalue weighted by Crippen LogP contribution is -2.18. The number of unbranched alkanes of at least 4 members (excludes halogenated alkanes) is 3. The zero-order chi connectivity index (χ0) is 10.8. The van der Waals surface area contributed by atoms with Crippen LogP contribution in [0.15, 0.2) is 5.11 Å². The van der Waals surface area contributed by atoms with Gasteiger partial charge >= 0.3 is 0 Å². The van der Waals surface area contributed by atoms with E-state index in [1.54, 1.807) is 0 Å². The van der Waals surface area contributed by atoms with Crippen LogP contribution in [-0.2, 0) is 4.79 Å². The molecular formula is C9H18N4O. The molecule has 0 fully saturated rings. The number of hydrogen-bond acceptors (Lipinski definition) is 2. The molecule has 0 saturated carbocycles. The highest BCUT2D eigenvalue weighted by Crippen LogP contribution is 2.11. The van der Waals surface area contributed by atoms with Crippen molar-refractivity contribution in [2.45, 2.75) is 51.5 Å². The number of rotatable bonds is 8. The lowest BCUT2D eigenvalue weighted by atomic mass is 10.1. The molecule has 2 N–H and O–H groups in total. The Hall–Kier alpha value is -1.22. The molecule has 0 aromatic carbocycles. The van der Waals surface area contributed by atoms with Crippen LogP contribution in [0.2, 0.25) is 0 Å². The Labute approximate surface area is 84.3 Å². The zero-order valence-electron chi connectivity index (χ0n) is 8.65. The first-order valence-electron chi connectivity index (χ1n) is 5.03. The molecule has 0 radical (unpaired) electrons. The van der Waals surface area contributed by atoms with Crippen LogP contribution in [0.4, 0.5) is 0 Å². The van der Waals surface area contributed by atoms with E-state index in [9.17, 15) is 4.79 Å². The molecule has 0 saturated heterocycles. The minimum Gasteiger partial charge on any atom is -0.370 e. The Morgan fingerprint density at radius 1 is 1.50 bits per heavy atom. The van der Waals surface area contributed by atoms with Crippen molar-refractivity contribution in [3.8, 4) is 0 Å². The van der Waals surface area contributed by atoms with Gasteiger partial charge in [-0.15, -0.1) is 0 Å². The minimum absolute atomic E-state index is 0.163. The Morgan fingerprint density at radius 3 is 2.71 bits per heavy atom. The third kappa shape index (κ3) is 7.43. The van der Waals surface area contributed by atoms with Crippen molar-refractivity contribution in [1.82, 2.24) is 0 Å². The number of amides is 1. The minimum atomic E-state index is -0.405. The van der Waals surface area contributed by atoms with E-state index in [2.05, 4.69) is 16.9 Å². The van der Waals surface area contributed by atoms with E-state index in [4.69, 9.17) is 11.3 Å². The first kappa shape index (κ1) is 12.8. The fraction of sp³-hybridized carbons (Fsp3) is 0.889. The fourth-order valence-electron chi connectivity index (χ4n) is 1.31. The van der Waals surface area contributed by atoms with E-state index in [-0.39, 0.29) is 12.5 Å². The molecule has 1 atom stereocenters. The van der Waals surface area contributed by atoms with Crippen LogP contribution in [0.1, 0.15) is 45.4 Å². The molecule has 0 aliphatic carbocycles. The van der Waals surface area contributed by atoms with Gasteiger partial charge in [-0.1, -0.05) is 37.7 Å². The van der Waals surface area contributed by atoms with Gasteiger partial charge in [-0.3, -0.25) is 4.79 Å². The lowest BCUT2D eigenvalue weighted by Gasteiger charge is -2.07. The van der Waals surface area contributed by atoms with E-state index in [1.807, 2.05) is 0 Å². The van der Waals surface area contributed by atoms with Gasteiger partial charge in [0.15, 0.2) is 0 Å². The van der Waals surface area contributed by atoms with E-state index >= 15 is 0 Å². The Bertz CT molecular complexity index is 211. The first-order valence-corrected chi connectivity index (χ1v) is 5.03. The summed E-state index contributed by atoms with van der Waals surface area (Å²) in [5.41, 5.74) is 13.3. The van der Waals surface area contributed by atoms with Crippen molar-refractivity contribution < 1.29 is 4.79 Å². The Balaban J connectivity index is 3.73. The SMILES string of the molecule is CCCCCC[C@@H](CC(N)=O)N=[N+]=[N-]. The number of azide groups is 1. The molecule has 0 bridgehead atoms. The molecule has 0 aliphatic rings. The predicted molar refractivity (Wildman–Crippen MR) is 55.5 cm³/mol. The summed E-state index contributed by atoms with van der Waals surface area (Å²) in [6.45, 7) is 2.13. The average Bonchev–Trinajstić information content (AvgIpc) is 2.12. The van der Waals surface area contributed by atoms with Gasteiger partial charge in [-0.05, 0) is 12.0 Å². The molecule has 1 amide bonds. The van der Waals surface area contributed by atoms with Gasteiger partial charge in [0, 0.05) is 17.4 Å². The number of nitrogens with zero attached hydrogens (tertiary/aromatic N) is 3. The van der Waals surface area contributed by atoms with Crippen LogP contribution < -0.4 is 5.73 Å². The highest BCUT2D eigenvalue weighted by Gasteiger charge is 2.08. The lowest BCUT2D eigenvalue weighted by molar-refractivity contribution is -0.118. The van der Waals surface area contributed by atoms with E-state index in [1.165, 1.54) is 12.8 Å². The molecule has 0 rings (SSSR count). The zero-order valence-corrected chi connectivity index (χ0v) is 8.65. The van der Waals surface area contributed by atoms with Gasteiger partial charge < -0.3 is 5.73 Å². The van der Waals surface area contributed by atoms with Gasteiger partial charge in [0.05, 0.1) is 0 Å². The summed E-state index contributed by atoms with van der Waals surface area (Å²) in [7, 11) is 0. The van der Waals surface area contributed by atoms with Gasteiger partial charge in [-0.25, -0.2) is 0 Å². The van der Waals surface area contributed by atoms with Gasteiger partial charge in [0.1, 0.15) is 0 Å². The van der Waals surface area contributed by atoms with Crippen molar-refractivity contribution in [1.29, 1.82) is 0 Å². The smallest absolute Gasteiger partial charge is 0.217 e. The quantitative estimate of drug-likeness (QED) is 0.276. The fourth-order valence-corrected chi connectivity index (χ4v) is 1.31. The Morgan fingerprint density at radius 2 is 2.21 bits per heavy atom. The summed E-state index contributed by atoms with van der Waals surface area (Å²) in [6, 6.07) is -0.255. The first-order chi connectivity index (χ1) is 6.70. The molecule has 14 heavy (non-hydrogen) atoms. The summed E-state index contributed by atoms with van der Waals surface area (Å²) in [5.74, 6) is -0.405. The van der Waals surface area contributed by atoms with E-state index < -0.39 is 5.91 Å². The largest absolute Gasteiger partial charge is 0.370 e. The van der Waals surface area contributed by atoms with Crippen molar-refractivity contribution in [3.63, 3.8) is 0 Å². The van der Waals surface area contributed by atoms with Crippen molar-refractivity contribution in [2.24, 2.45) is 10.8 Å². The molecule has 5 heteroatoms. The third-order valence-electron chi connectivity index (χ3n) is 2.04. The monoisotopic (exact) mass is 198 g/mol. The normalized spacial score (nSPS) is 11.8. The van der Waals surface area contributed by atoms with Gasteiger partial charge in [0.25, 0.3) is 0 Å². The molecule has 0 spiro atoms. The molecule has 0 aliphatic heterocycles. The standard InChI is InChI=1S/C9H18N4O/c1-2-3-4-5-6-8(12-13-11)7-9(10)14/h8H,2-7H2,1H3,(H2,10,14)/t8-/m0/s1. The third-order valence-corrected chi connectivity index (χ3v) is 2.04. The second-order valence-corrected chi connectivity index (χ2v) is 3.38. The highest BCUT2D eigenvalue weighted by molar-refractivity contribution is 5.74. The summed E-state index contributed by atoms with van der Waals surface area (Å²) in [6.07, 6.45) is 5.38. The van der Waals surface area contributed by atoms with Gasteiger partial charge in [-0.2, -0.15) is 0 Å². The Kier molecular flexibility index (Phi) is 7.65. The molecule has 0 heterocycles. The van der Waals surface area contributed by atoms with E-state index in [0.717, 1.165) is 19.3 Å². The number of hydrogen-bond donors (Lipinski definition) is 1. The molecule has 5 nitrogen and oxygen atoms in total. The molecule has 0 aromatic rings. The molecular weight excluding hydrogens is 180 g/mol. The molecule has 0 unspecified atom stereocenters. The van der Waals surface area contributed by atoms with Crippen molar-refractivity contribution >= 4 is 5.91 Å². The summed E-state index contributed by atoms with van der Waals surface area (Å²) < 4.78 is 0. The van der Waals surface area contributed by atoms with Gasteiger partial charge in [0.2, 0.25) is 5.91 Å². The van der Waals surface area contributed by atoms with E-state index in [0.29, 0.717) is 0 Å². The van der Waals surface area contributed by atoms with Crippen LogP contribution in [0.3, 0.4) is 0 Å². The van der Waals surface area contributed by atoms with Crippen LogP contribution in [0.5, 0.6) is 0 Å². The van der Waals surface area contributed by atoms with Crippen LogP contribution in [-0.4, -0.2) is 11.9 Å². The van der Waals surface area contributed by atoms with Crippen molar-refractivity contribution in [2.75, 3.05) is 0 Å². The maximum absolute atomic E-state index is 10.6. The van der Waals surface area contributed by atoms with Crippen LogP contribution >= 0.6 is 0 Å². The topological polar surface area (TPSA) is 91.9 Å². The van der Waals surface area contributed by atoms with Crippen LogP contribution in [0.25, 0.3) is 10.4 Å². The predicted octanol–water partition coefficient (Wildman–Crippen LogP) is 2.51. The summed E-state index contributed by atoms with van der Waals surface area (Å²) in [4.78, 5) is 13.3. The average molecular weight is 198 g/mol. The number of primary amides is 1. The number of carbonyl (C=O) groups is 1.